The lowest BCUT2D eigenvalue weighted by molar-refractivity contribution is -0.183. The van der Waals surface area contributed by atoms with Crippen molar-refractivity contribution in [1.82, 2.24) is 4.90 Å². The minimum Gasteiger partial charge on any atom is -0.464 e. The molecular formula is C12H15F4NO2. The van der Waals surface area contributed by atoms with Crippen LogP contribution in [0.3, 0.4) is 0 Å². The largest absolute Gasteiger partial charge is 0.464 e. The van der Waals surface area contributed by atoms with E-state index in [4.69, 9.17) is 4.42 Å². The van der Waals surface area contributed by atoms with Gasteiger partial charge in [0.05, 0.1) is 6.54 Å². The molecule has 0 aliphatic heterocycles. The Morgan fingerprint density at radius 1 is 1.37 bits per heavy atom. The Morgan fingerprint density at radius 2 is 1.95 bits per heavy atom. The third-order valence-electron chi connectivity index (χ3n) is 2.57. The van der Waals surface area contributed by atoms with E-state index in [1.54, 1.807) is 13.0 Å². The van der Waals surface area contributed by atoms with E-state index in [9.17, 15) is 22.4 Å². The SMILES string of the molecule is Cc1ccc(CN(C(=O)C(F)(F)C(F)F)C(C)C)o1. The van der Waals surface area contributed by atoms with Crippen molar-refractivity contribution in [3.63, 3.8) is 0 Å². The van der Waals surface area contributed by atoms with Crippen LogP contribution in [-0.4, -0.2) is 29.2 Å². The number of furan rings is 1. The number of carbonyl (C=O) groups is 1. The zero-order valence-corrected chi connectivity index (χ0v) is 10.8. The molecular weight excluding hydrogens is 266 g/mol. The van der Waals surface area contributed by atoms with E-state index in [1.165, 1.54) is 19.9 Å². The molecule has 0 aromatic carbocycles. The minimum absolute atomic E-state index is 0.268. The first-order valence-electron chi connectivity index (χ1n) is 5.68. The van der Waals surface area contributed by atoms with Gasteiger partial charge in [-0.3, -0.25) is 4.79 Å². The molecule has 0 aliphatic rings. The number of alkyl halides is 4. The molecule has 108 valence electrons. The number of nitrogens with zero attached hydrogens (tertiary/aromatic N) is 1. The van der Waals surface area contributed by atoms with Crippen LogP contribution in [0.15, 0.2) is 16.5 Å². The molecule has 0 N–H and O–H groups in total. The highest BCUT2D eigenvalue weighted by atomic mass is 19.3. The van der Waals surface area contributed by atoms with Crippen molar-refractivity contribution in [2.24, 2.45) is 0 Å². The zero-order chi connectivity index (χ0) is 14.8. The van der Waals surface area contributed by atoms with Gasteiger partial charge in [0, 0.05) is 6.04 Å². The van der Waals surface area contributed by atoms with E-state index in [0.29, 0.717) is 10.7 Å². The zero-order valence-electron chi connectivity index (χ0n) is 10.8. The summed E-state index contributed by atoms with van der Waals surface area (Å²) in [6, 6.07) is 2.46. The van der Waals surface area contributed by atoms with Crippen molar-refractivity contribution in [3.05, 3.63) is 23.7 Å². The second-order valence-corrected chi connectivity index (χ2v) is 4.46. The van der Waals surface area contributed by atoms with E-state index in [-0.39, 0.29) is 12.3 Å². The Balaban J connectivity index is 2.92. The topological polar surface area (TPSA) is 33.5 Å². The molecule has 0 fully saturated rings. The fraction of sp³-hybridized carbons (Fsp3) is 0.583. The standard InChI is InChI=1S/C12H15F4NO2/c1-7(2)17(6-9-5-4-8(3)19-9)11(18)12(15,16)10(13)14/h4-5,7,10H,6H2,1-3H3. The van der Waals surface area contributed by atoms with Crippen molar-refractivity contribution in [2.75, 3.05) is 0 Å². The van der Waals surface area contributed by atoms with Gasteiger partial charge in [-0.05, 0) is 32.9 Å². The van der Waals surface area contributed by atoms with E-state index >= 15 is 0 Å². The quantitative estimate of drug-likeness (QED) is 0.776. The van der Waals surface area contributed by atoms with Gasteiger partial charge in [-0.25, -0.2) is 8.78 Å². The second kappa shape index (κ2) is 5.63. The highest BCUT2D eigenvalue weighted by molar-refractivity contribution is 5.84. The van der Waals surface area contributed by atoms with E-state index in [0.717, 1.165) is 0 Å². The molecule has 1 amide bonds. The number of hydrogen-bond acceptors (Lipinski definition) is 2. The van der Waals surface area contributed by atoms with Crippen LogP contribution in [0.25, 0.3) is 0 Å². The van der Waals surface area contributed by atoms with Crippen LogP contribution in [0.1, 0.15) is 25.4 Å². The summed E-state index contributed by atoms with van der Waals surface area (Å²) in [5.41, 5.74) is 0. The molecule has 0 saturated heterocycles. The number of aryl methyl sites for hydroxylation is 1. The van der Waals surface area contributed by atoms with Crippen LogP contribution in [0.5, 0.6) is 0 Å². The molecule has 0 bridgehead atoms. The molecule has 0 radical (unpaired) electrons. The maximum atomic E-state index is 13.1. The molecule has 7 heteroatoms. The van der Waals surface area contributed by atoms with Gasteiger partial charge in [0.2, 0.25) is 0 Å². The third-order valence-corrected chi connectivity index (χ3v) is 2.57. The summed E-state index contributed by atoms with van der Waals surface area (Å²) in [5.74, 6) is -5.77. The predicted octanol–water partition coefficient (Wildman–Crippen LogP) is 3.23. The van der Waals surface area contributed by atoms with Crippen molar-refractivity contribution < 1.29 is 26.8 Å². The van der Waals surface area contributed by atoms with Gasteiger partial charge < -0.3 is 9.32 Å². The summed E-state index contributed by atoms with van der Waals surface area (Å²) in [4.78, 5) is 12.2. The number of carbonyl (C=O) groups excluding carboxylic acids is 1. The fourth-order valence-electron chi connectivity index (χ4n) is 1.51. The Hall–Kier alpha value is -1.53. The van der Waals surface area contributed by atoms with Crippen molar-refractivity contribution in [2.45, 2.75) is 45.7 Å². The number of rotatable bonds is 5. The second-order valence-electron chi connectivity index (χ2n) is 4.46. The molecule has 0 unspecified atom stereocenters. The van der Waals surface area contributed by atoms with Gasteiger partial charge in [-0.1, -0.05) is 0 Å². The molecule has 0 atom stereocenters. The first-order chi connectivity index (χ1) is 8.66. The first kappa shape index (κ1) is 15.5. The minimum atomic E-state index is -4.69. The Labute approximate surface area is 108 Å². The molecule has 3 nitrogen and oxygen atoms in total. The lowest BCUT2D eigenvalue weighted by Crippen LogP contribution is -2.49. The number of halogens is 4. The first-order valence-corrected chi connectivity index (χ1v) is 5.68. The summed E-state index contributed by atoms with van der Waals surface area (Å²) in [6.07, 6.45) is -4.03. The molecule has 1 aromatic heterocycles. The molecule has 0 spiro atoms. The average Bonchev–Trinajstić information content (AvgIpc) is 2.70. The Bertz CT molecular complexity index is 443. The fourth-order valence-corrected chi connectivity index (χ4v) is 1.51. The van der Waals surface area contributed by atoms with E-state index in [2.05, 4.69) is 0 Å². The monoisotopic (exact) mass is 281 g/mol. The molecule has 1 heterocycles. The molecule has 0 saturated carbocycles. The van der Waals surface area contributed by atoms with Gasteiger partial charge in [-0.2, -0.15) is 8.78 Å². The smallest absolute Gasteiger partial charge is 0.383 e. The summed E-state index contributed by atoms with van der Waals surface area (Å²) < 4.78 is 55.8. The Morgan fingerprint density at radius 3 is 2.32 bits per heavy atom. The highest BCUT2D eigenvalue weighted by Gasteiger charge is 2.51. The summed E-state index contributed by atoms with van der Waals surface area (Å²) in [5, 5.41) is 0. The van der Waals surface area contributed by atoms with Gasteiger partial charge in [-0.15, -0.1) is 0 Å². The summed E-state index contributed by atoms with van der Waals surface area (Å²) in [7, 11) is 0. The summed E-state index contributed by atoms with van der Waals surface area (Å²) in [6.45, 7) is 4.32. The van der Waals surface area contributed by atoms with Crippen molar-refractivity contribution in [1.29, 1.82) is 0 Å². The van der Waals surface area contributed by atoms with Crippen molar-refractivity contribution in [3.8, 4) is 0 Å². The predicted molar refractivity (Wildman–Crippen MR) is 60.1 cm³/mol. The lowest BCUT2D eigenvalue weighted by atomic mass is 10.2. The average molecular weight is 281 g/mol. The summed E-state index contributed by atoms with van der Waals surface area (Å²) >= 11 is 0. The van der Waals surface area contributed by atoms with Crippen LogP contribution in [-0.2, 0) is 11.3 Å². The van der Waals surface area contributed by atoms with E-state index in [1.807, 2.05) is 0 Å². The van der Waals surface area contributed by atoms with Crippen LogP contribution in [0.2, 0.25) is 0 Å². The van der Waals surface area contributed by atoms with E-state index < -0.39 is 24.3 Å². The maximum absolute atomic E-state index is 13.1. The molecule has 1 rings (SSSR count). The van der Waals surface area contributed by atoms with Gasteiger partial charge in [0.15, 0.2) is 0 Å². The van der Waals surface area contributed by atoms with Crippen LogP contribution >= 0.6 is 0 Å². The van der Waals surface area contributed by atoms with Crippen LogP contribution in [0.4, 0.5) is 17.6 Å². The van der Waals surface area contributed by atoms with Gasteiger partial charge in [0.25, 0.3) is 5.91 Å². The van der Waals surface area contributed by atoms with Crippen LogP contribution in [0, 0.1) is 6.92 Å². The van der Waals surface area contributed by atoms with Gasteiger partial charge >= 0.3 is 12.3 Å². The molecule has 1 aromatic rings. The maximum Gasteiger partial charge on any atom is 0.383 e. The number of hydrogen-bond donors (Lipinski definition) is 0. The van der Waals surface area contributed by atoms with Gasteiger partial charge in [0.1, 0.15) is 11.5 Å². The number of amides is 1. The van der Waals surface area contributed by atoms with Crippen molar-refractivity contribution >= 4 is 5.91 Å². The Kier molecular flexibility index (Phi) is 4.60. The molecule has 19 heavy (non-hydrogen) atoms. The third kappa shape index (κ3) is 3.48. The normalized spacial score (nSPS) is 12.3. The van der Waals surface area contributed by atoms with Crippen LogP contribution < -0.4 is 0 Å². The molecule has 0 aliphatic carbocycles. The highest BCUT2D eigenvalue weighted by Crippen LogP contribution is 2.27. The lowest BCUT2D eigenvalue weighted by Gasteiger charge is -2.29.